The summed E-state index contributed by atoms with van der Waals surface area (Å²) in [6.45, 7) is 0.640. The summed E-state index contributed by atoms with van der Waals surface area (Å²) in [5.41, 5.74) is 2.36. The van der Waals surface area contributed by atoms with E-state index in [1.165, 1.54) is 6.07 Å². The van der Waals surface area contributed by atoms with Crippen LogP contribution in [-0.2, 0) is 5.41 Å². The quantitative estimate of drug-likeness (QED) is 0.776. The van der Waals surface area contributed by atoms with Gasteiger partial charge in [-0.2, -0.15) is 0 Å². The Kier molecular flexibility index (Phi) is 2.73. The van der Waals surface area contributed by atoms with Crippen LogP contribution >= 0.6 is 11.6 Å². The summed E-state index contributed by atoms with van der Waals surface area (Å²) in [6, 6.07) is 8.56. The van der Waals surface area contributed by atoms with Gasteiger partial charge in [0.15, 0.2) is 0 Å². The lowest BCUT2D eigenvalue weighted by Crippen LogP contribution is -2.45. The van der Waals surface area contributed by atoms with Crippen molar-refractivity contribution in [3.63, 3.8) is 0 Å². The Balaban J connectivity index is 1.79. The van der Waals surface area contributed by atoms with Crippen molar-refractivity contribution in [1.82, 2.24) is 4.98 Å². The molecule has 2 aliphatic rings. The van der Waals surface area contributed by atoms with Crippen molar-refractivity contribution in [2.45, 2.75) is 24.4 Å². The Morgan fingerprint density at radius 3 is 2.81 bits per heavy atom. The molecular weight excluding hydrogens is 294 g/mol. The zero-order chi connectivity index (χ0) is 14.6. The van der Waals surface area contributed by atoms with Crippen LogP contribution in [0.2, 0.25) is 5.02 Å². The predicted molar refractivity (Wildman–Crippen MR) is 78.5 cm³/mol. The Bertz CT molecular complexity index is 713. The highest BCUT2D eigenvalue weighted by atomic mass is 35.5. The molecule has 4 rings (SSSR count). The van der Waals surface area contributed by atoms with Crippen molar-refractivity contribution in [1.29, 1.82) is 0 Å². The van der Waals surface area contributed by atoms with Crippen LogP contribution in [0.3, 0.4) is 0 Å². The third-order valence-electron chi connectivity index (χ3n) is 4.48. The minimum absolute atomic E-state index is 0.103. The number of rotatable bonds is 1. The molecule has 108 valence electrons. The normalized spacial score (nSPS) is 26.8. The third-order valence-corrected chi connectivity index (χ3v) is 4.79. The van der Waals surface area contributed by atoms with Gasteiger partial charge in [0.05, 0.1) is 16.4 Å². The van der Waals surface area contributed by atoms with Crippen LogP contribution in [0.4, 0.5) is 20.2 Å². The van der Waals surface area contributed by atoms with E-state index in [4.69, 9.17) is 11.6 Å². The molecule has 1 spiro atoms. The smallest absolute Gasteiger partial charge is 0.143 e. The fourth-order valence-electron chi connectivity index (χ4n) is 3.48. The number of pyridine rings is 1. The van der Waals surface area contributed by atoms with Gasteiger partial charge in [0, 0.05) is 23.8 Å². The Hall–Kier alpha value is -1.68. The molecule has 1 aliphatic carbocycles. The van der Waals surface area contributed by atoms with Gasteiger partial charge in [-0.15, -0.1) is 0 Å². The number of benzene rings is 1. The monoisotopic (exact) mass is 306 g/mol. The van der Waals surface area contributed by atoms with E-state index >= 15 is 0 Å². The van der Waals surface area contributed by atoms with Gasteiger partial charge in [-0.3, -0.25) is 4.98 Å². The Morgan fingerprint density at radius 1 is 1.29 bits per heavy atom. The minimum atomic E-state index is -0.762. The molecule has 1 aromatic carbocycles. The molecule has 0 atom stereocenters. The average Bonchev–Trinajstić information content (AvgIpc) is 2.78. The molecule has 5 heteroatoms. The average molecular weight is 307 g/mol. The number of aromatic nitrogens is 1. The summed E-state index contributed by atoms with van der Waals surface area (Å²) in [7, 11) is 0. The van der Waals surface area contributed by atoms with Gasteiger partial charge in [-0.25, -0.2) is 8.78 Å². The molecule has 0 N–H and O–H groups in total. The molecule has 2 aromatic rings. The van der Waals surface area contributed by atoms with Gasteiger partial charge in [-0.1, -0.05) is 11.6 Å². The third kappa shape index (κ3) is 1.85. The summed E-state index contributed by atoms with van der Waals surface area (Å²) >= 11 is 5.75. The number of alkyl halides is 1. The van der Waals surface area contributed by atoms with E-state index in [0.29, 0.717) is 19.4 Å². The van der Waals surface area contributed by atoms with Gasteiger partial charge in [-0.05, 0) is 43.2 Å². The highest BCUT2D eigenvalue weighted by molar-refractivity contribution is 6.30. The molecule has 0 amide bonds. The van der Waals surface area contributed by atoms with Crippen LogP contribution in [0, 0.1) is 5.82 Å². The highest BCUT2D eigenvalue weighted by Gasteiger charge is 2.53. The summed E-state index contributed by atoms with van der Waals surface area (Å²) < 4.78 is 27.2. The molecule has 1 aliphatic heterocycles. The summed E-state index contributed by atoms with van der Waals surface area (Å²) in [5.74, 6) is -0.447. The van der Waals surface area contributed by atoms with E-state index < -0.39 is 12.0 Å². The van der Waals surface area contributed by atoms with E-state index in [-0.39, 0.29) is 10.4 Å². The second-order valence-electron chi connectivity index (χ2n) is 5.84. The first kappa shape index (κ1) is 13.0. The van der Waals surface area contributed by atoms with Gasteiger partial charge in [0.1, 0.15) is 12.0 Å². The molecule has 2 nitrogen and oxygen atoms in total. The number of hydrogen-bond acceptors (Lipinski definition) is 2. The lowest BCUT2D eigenvalue weighted by atomic mass is 9.66. The van der Waals surface area contributed by atoms with Crippen molar-refractivity contribution in [3.8, 4) is 0 Å². The number of hydrogen-bond donors (Lipinski definition) is 0. The number of halogens is 3. The van der Waals surface area contributed by atoms with Crippen LogP contribution < -0.4 is 4.90 Å². The molecule has 21 heavy (non-hydrogen) atoms. The Labute approximate surface area is 126 Å². The van der Waals surface area contributed by atoms with E-state index in [1.54, 1.807) is 18.3 Å². The number of anilines is 2. The van der Waals surface area contributed by atoms with E-state index in [2.05, 4.69) is 4.98 Å². The largest absolute Gasteiger partial charge is 0.339 e. The first-order valence-electron chi connectivity index (χ1n) is 6.91. The maximum atomic E-state index is 13.7. The topological polar surface area (TPSA) is 16.1 Å². The fourth-order valence-corrected chi connectivity index (χ4v) is 3.60. The second-order valence-corrected chi connectivity index (χ2v) is 6.25. The number of fused-ring (bicyclic) bond motifs is 2. The molecule has 1 saturated carbocycles. The summed E-state index contributed by atoms with van der Waals surface area (Å²) in [6.07, 6.45) is 1.95. The van der Waals surface area contributed by atoms with Crippen LogP contribution in [0.25, 0.3) is 0 Å². The lowest BCUT2D eigenvalue weighted by molar-refractivity contribution is 0.103. The van der Waals surface area contributed by atoms with Crippen LogP contribution in [0.15, 0.2) is 36.5 Å². The van der Waals surface area contributed by atoms with Crippen molar-refractivity contribution < 1.29 is 8.78 Å². The van der Waals surface area contributed by atoms with Gasteiger partial charge in [0.2, 0.25) is 0 Å². The first-order chi connectivity index (χ1) is 10.1. The first-order valence-corrected chi connectivity index (χ1v) is 7.29. The maximum absolute atomic E-state index is 13.7. The molecule has 0 saturated heterocycles. The molecule has 0 radical (unpaired) electrons. The zero-order valence-corrected chi connectivity index (χ0v) is 11.9. The second kappa shape index (κ2) is 4.41. The highest BCUT2D eigenvalue weighted by Crippen LogP contribution is 2.54. The lowest BCUT2D eigenvalue weighted by Gasteiger charge is -2.40. The van der Waals surface area contributed by atoms with Crippen LogP contribution in [0.1, 0.15) is 18.5 Å². The maximum Gasteiger partial charge on any atom is 0.143 e. The molecule has 0 bridgehead atoms. The molecule has 1 fully saturated rings. The molecule has 0 unspecified atom stereocenters. The predicted octanol–water partition coefficient (Wildman–Crippen LogP) is 4.40. The molecular formula is C16H13ClF2N2. The number of nitrogens with zero attached hydrogens (tertiary/aromatic N) is 2. The van der Waals surface area contributed by atoms with Gasteiger partial charge < -0.3 is 4.90 Å². The van der Waals surface area contributed by atoms with E-state index in [1.807, 2.05) is 17.0 Å². The van der Waals surface area contributed by atoms with Crippen LogP contribution in [0.5, 0.6) is 0 Å². The molecule has 1 aromatic heterocycles. The van der Waals surface area contributed by atoms with Crippen molar-refractivity contribution in [2.24, 2.45) is 0 Å². The minimum Gasteiger partial charge on any atom is -0.339 e. The van der Waals surface area contributed by atoms with Gasteiger partial charge >= 0.3 is 0 Å². The zero-order valence-electron chi connectivity index (χ0n) is 11.2. The van der Waals surface area contributed by atoms with Crippen LogP contribution in [-0.4, -0.2) is 17.7 Å². The fraction of sp³-hybridized carbons (Fsp3) is 0.312. The summed E-state index contributed by atoms with van der Waals surface area (Å²) in [4.78, 5) is 6.46. The Morgan fingerprint density at radius 2 is 2.10 bits per heavy atom. The summed E-state index contributed by atoms with van der Waals surface area (Å²) in [5, 5.41) is 0.103. The van der Waals surface area contributed by atoms with Crippen molar-refractivity contribution >= 4 is 23.0 Å². The SMILES string of the molecule is Fc1cc(N2CC3(CC(F)C3)c3ncccc32)ccc1Cl. The van der Waals surface area contributed by atoms with Gasteiger partial charge in [0.25, 0.3) is 0 Å². The van der Waals surface area contributed by atoms with E-state index in [0.717, 1.165) is 17.1 Å². The van der Waals surface area contributed by atoms with Crippen molar-refractivity contribution in [3.05, 3.63) is 53.1 Å². The van der Waals surface area contributed by atoms with E-state index in [9.17, 15) is 8.78 Å². The standard InChI is InChI=1S/C16H13ClF2N2/c17-12-4-3-11(6-13(12)19)21-9-16(7-10(18)8-16)15-14(21)2-1-5-20-15/h1-6,10H,7-9H2. The molecule has 2 heterocycles. The van der Waals surface area contributed by atoms with Crippen molar-refractivity contribution in [2.75, 3.05) is 11.4 Å².